The highest BCUT2D eigenvalue weighted by Crippen LogP contribution is 2.25. The van der Waals surface area contributed by atoms with Gasteiger partial charge in [0.1, 0.15) is 6.04 Å². The Hall–Kier alpha value is -2.37. The van der Waals surface area contributed by atoms with Crippen LogP contribution < -0.4 is 5.32 Å². The number of hydrogen-bond donors (Lipinski definition) is 1. The molecule has 1 unspecified atom stereocenters. The number of rotatable bonds is 5. The Kier molecular flexibility index (Phi) is 6.93. The molecule has 29 heavy (non-hydrogen) atoms. The topological polar surface area (TPSA) is 69.7 Å². The summed E-state index contributed by atoms with van der Waals surface area (Å²) in [7, 11) is 0. The van der Waals surface area contributed by atoms with Gasteiger partial charge in [-0.1, -0.05) is 32.0 Å². The van der Waals surface area contributed by atoms with Crippen molar-refractivity contribution < 1.29 is 14.4 Å². The molecule has 3 rings (SSSR count). The van der Waals surface area contributed by atoms with Gasteiger partial charge in [-0.25, -0.2) is 0 Å². The summed E-state index contributed by atoms with van der Waals surface area (Å²) in [5.41, 5.74) is 1.51. The number of carbonyl (C=O) groups is 3. The number of nitrogens with one attached hydrogen (secondary N) is 1. The van der Waals surface area contributed by atoms with Gasteiger partial charge in [0.15, 0.2) is 0 Å². The van der Waals surface area contributed by atoms with Gasteiger partial charge in [0.2, 0.25) is 11.8 Å². The molecular weight excluding hydrogens is 366 g/mol. The maximum absolute atomic E-state index is 13.3. The zero-order valence-corrected chi connectivity index (χ0v) is 17.8. The molecule has 0 aromatic heterocycles. The zero-order valence-electron chi connectivity index (χ0n) is 17.8. The SMILES string of the molecule is Cc1ccccc1C(=O)NC(C(=O)N1CCCC1)C1CCN(C(=O)C(C)C)CC1. The molecule has 1 N–H and O–H groups in total. The molecule has 1 atom stereocenters. The zero-order chi connectivity index (χ0) is 21.0. The molecule has 2 saturated heterocycles. The second-order valence-electron chi connectivity index (χ2n) is 8.62. The summed E-state index contributed by atoms with van der Waals surface area (Å²) in [5, 5.41) is 3.05. The Morgan fingerprint density at radius 2 is 1.52 bits per heavy atom. The number of benzene rings is 1. The lowest BCUT2D eigenvalue weighted by atomic mass is 9.87. The highest BCUT2D eigenvalue weighted by atomic mass is 16.2. The Labute approximate surface area is 173 Å². The van der Waals surface area contributed by atoms with E-state index in [4.69, 9.17) is 0 Å². The van der Waals surface area contributed by atoms with Gasteiger partial charge < -0.3 is 15.1 Å². The fraction of sp³-hybridized carbons (Fsp3) is 0.609. The molecule has 1 aromatic rings. The Morgan fingerprint density at radius 1 is 0.931 bits per heavy atom. The highest BCUT2D eigenvalue weighted by Gasteiger charge is 2.37. The fourth-order valence-electron chi connectivity index (χ4n) is 4.38. The minimum Gasteiger partial charge on any atom is -0.342 e. The van der Waals surface area contributed by atoms with E-state index in [-0.39, 0.29) is 29.6 Å². The number of hydrogen-bond acceptors (Lipinski definition) is 3. The van der Waals surface area contributed by atoms with Crippen LogP contribution in [0, 0.1) is 18.8 Å². The van der Waals surface area contributed by atoms with E-state index < -0.39 is 6.04 Å². The van der Waals surface area contributed by atoms with Crippen LogP contribution in [0.2, 0.25) is 0 Å². The Morgan fingerprint density at radius 3 is 2.10 bits per heavy atom. The highest BCUT2D eigenvalue weighted by molar-refractivity contribution is 5.98. The second-order valence-corrected chi connectivity index (χ2v) is 8.62. The van der Waals surface area contributed by atoms with Crippen LogP contribution in [0.5, 0.6) is 0 Å². The molecular formula is C23H33N3O3. The van der Waals surface area contributed by atoms with Crippen LogP contribution in [-0.2, 0) is 9.59 Å². The van der Waals surface area contributed by atoms with Crippen molar-refractivity contribution in [3.8, 4) is 0 Å². The lowest BCUT2D eigenvalue weighted by Gasteiger charge is -2.37. The lowest BCUT2D eigenvalue weighted by molar-refractivity contribution is -0.137. The summed E-state index contributed by atoms with van der Waals surface area (Å²) in [5.74, 6) is 0.0239. The molecule has 3 amide bonds. The lowest BCUT2D eigenvalue weighted by Crippen LogP contribution is -2.54. The third-order valence-corrected chi connectivity index (χ3v) is 6.18. The third-order valence-electron chi connectivity index (χ3n) is 6.18. The average Bonchev–Trinajstić information content (AvgIpc) is 3.26. The minimum atomic E-state index is -0.531. The summed E-state index contributed by atoms with van der Waals surface area (Å²) in [6.45, 7) is 8.55. The molecule has 6 heteroatoms. The van der Waals surface area contributed by atoms with Crippen LogP contribution in [0.25, 0.3) is 0 Å². The second kappa shape index (κ2) is 9.42. The molecule has 0 aliphatic carbocycles. The Balaban J connectivity index is 1.73. The first kappa shape index (κ1) is 21.3. The van der Waals surface area contributed by atoms with Gasteiger partial charge in [-0.2, -0.15) is 0 Å². The van der Waals surface area contributed by atoms with Crippen LogP contribution in [0.3, 0.4) is 0 Å². The van der Waals surface area contributed by atoms with Crippen LogP contribution in [0.1, 0.15) is 55.5 Å². The first-order valence-corrected chi connectivity index (χ1v) is 10.8. The molecule has 2 aliphatic heterocycles. The van der Waals surface area contributed by atoms with Crippen LogP contribution >= 0.6 is 0 Å². The van der Waals surface area contributed by atoms with Gasteiger partial charge in [-0.3, -0.25) is 14.4 Å². The normalized spacial score (nSPS) is 18.8. The van der Waals surface area contributed by atoms with Gasteiger partial charge in [0.25, 0.3) is 5.91 Å². The van der Waals surface area contributed by atoms with E-state index in [9.17, 15) is 14.4 Å². The van der Waals surface area contributed by atoms with Gasteiger partial charge in [0, 0.05) is 37.7 Å². The van der Waals surface area contributed by atoms with E-state index >= 15 is 0 Å². The smallest absolute Gasteiger partial charge is 0.252 e. The number of piperidine rings is 1. The predicted octanol–water partition coefficient (Wildman–Crippen LogP) is 2.61. The molecule has 2 aliphatic rings. The summed E-state index contributed by atoms with van der Waals surface area (Å²) in [4.78, 5) is 42.3. The summed E-state index contributed by atoms with van der Waals surface area (Å²) in [6.07, 6.45) is 3.50. The molecule has 0 spiro atoms. The largest absolute Gasteiger partial charge is 0.342 e. The van der Waals surface area contributed by atoms with Crippen LogP contribution in [0.4, 0.5) is 0 Å². The molecule has 1 aromatic carbocycles. The molecule has 0 bridgehead atoms. The van der Waals surface area contributed by atoms with Crippen molar-refractivity contribution in [2.45, 2.75) is 52.5 Å². The maximum Gasteiger partial charge on any atom is 0.252 e. The molecule has 158 valence electrons. The van der Waals surface area contributed by atoms with E-state index in [1.54, 1.807) is 6.07 Å². The predicted molar refractivity (Wildman–Crippen MR) is 112 cm³/mol. The first-order valence-electron chi connectivity index (χ1n) is 10.8. The van der Waals surface area contributed by atoms with E-state index in [1.807, 2.05) is 48.8 Å². The number of likely N-dealkylation sites (tertiary alicyclic amines) is 2. The number of nitrogens with zero attached hydrogens (tertiary/aromatic N) is 2. The minimum absolute atomic E-state index is 0.0191. The standard InChI is InChI=1S/C23H33N3O3/c1-16(2)22(28)26-14-10-18(11-15-26)20(23(29)25-12-6-7-13-25)24-21(27)19-9-5-4-8-17(19)3/h4-5,8-9,16,18,20H,6-7,10-15H2,1-3H3,(H,24,27). The third kappa shape index (κ3) is 4.98. The van der Waals surface area contributed by atoms with E-state index in [1.165, 1.54) is 0 Å². The Bertz CT molecular complexity index is 747. The van der Waals surface area contributed by atoms with Gasteiger partial charge >= 0.3 is 0 Å². The molecule has 0 saturated carbocycles. The molecule has 6 nitrogen and oxygen atoms in total. The average molecular weight is 400 g/mol. The molecule has 2 fully saturated rings. The van der Waals surface area contributed by atoms with Gasteiger partial charge in [0.05, 0.1) is 0 Å². The van der Waals surface area contributed by atoms with Crippen molar-refractivity contribution in [2.75, 3.05) is 26.2 Å². The molecule has 2 heterocycles. The first-order chi connectivity index (χ1) is 13.9. The van der Waals surface area contributed by atoms with E-state index in [2.05, 4.69) is 5.32 Å². The van der Waals surface area contributed by atoms with Crippen molar-refractivity contribution in [1.29, 1.82) is 0 Å². The summed E-state index contributed by atoms with van der Waals surface area (Å²) < 4.78 is 0. The summed E-state index contributed by atoms with van der Waals surface area (Å²) in [6, 6.07) is 6.92. The van der Waals surface area contributed by atoms with Crippen molar-refractivity contribution >= 4 is 17.7 Å². The molecule has 0 radical (unpaired) electrons. The van der Waals surface area contributed by atoms with Crippen molar-refractivity contribution in [3.63, 3.8) is 0 Å². The monoisotopic (exact) mass is 399 g/mol. The van der Waals surface area contributed by atoms with E-state index in [0.29, 0.717) is 18.7 Å². The van der Waals surface area contributed by atoms with Gasteiger partial charge in [-0.05, 0) is 50.2 Å². The number of amides is 3. The van der Waals surface area contributed by atoms with Crippen LogP contribution in [-0.4, -0.2) is 59.7 Å². The number of carbonyl (C=O) groups excluding carboxylic acids is 3. The fourth-order valence-corrected chi connectivity index (χ4v) is 4.38. The quantitative estimate of drug-likeness (QED) is 0.827. The number of aryl methyl sites for hydroxylation is 1. The van der Waals surface area contributed by atoms with Crippen LogP contribution in [0.15, 0.2) is 24.3 Å². The van der Waals surface area contributed by atoms with Crippen molar-refractivity contribution in [3.05, 3.63) is 35.4 Å². The van der Waals surface area contributed by atoms with Crippen molar-refractivity contribution in [1.82, 2.24) is 15.1 Å². The maximum atomic E-state index is 13.3. The summed E-state index contributed by atoms with van der Waals surface area (Å²) >= 11 is 0. The van der Waals surface area contributed by atoms with E-state index in [0.717, 1.165) is 44.3 Å². The van der Waals surface area contributed by atoms with Gasteiger partial charge in [-0.15, -0.1) is 0 Å². The van der Waals surface area contributed by atoms with Crippen molar-refractivity contribution in [2.24, 2.45) is 11.8 Å².